The number of carbonyl (C=O) groups excluding carboxylic acids is 7. The molecule has 20 heteroatoms. The molecular formula is C42H66N8O12. The van der Waals surface area contributed by atoms with Gasteiger partial charge in [0.2, 0.25) is 41.4 Å². The minimum Gasteiger partial charge on any atom is -0.508 e. The number of amides is 7. The Kier molecular flexibility index (Phi) is 20.8. The van der Waals surface area contributed by atoms with Gasteiger partial charge in [-0.05, 0) is 68.6 Å². The van der Waals surface area contributed by atoms with Crippen LogP contribution in [-0.4, -0.2) is 128 Å². The monoisotopic (exact) mass is 874 g/mol. The average molecular weight is 875 g/mol. The summed E-state index contributed by atoms with van der Waals surface area (Å²) in [7, 11) is 0. The molecule has 11 N–H and O–H groups in total. The van der Waals surface area contributed by atoms with Crippen LogP contribution in [0.25, 0.3) is 0 Å². The predicted molar refractivity (Wildman–Crippen MR) is 226 cm³/mol. The lowest BCUT2D eigenvalue weighted by molar-refractivity contribution is -0.150. The number of benzene rings is 1. The van der Waals surface area contributed by atoms with Gasteiger partial charge in [0.15, 0.2) is 0 Å². The number of hydrogen-bond donors (Lipinski definition) is 10. The van der Waals surface area contributed by atoms with Crippen LogP contribution in [0, 0.1) is 17.8 Å². The van der Waals surface area contributed by atoms with Gasteiger partial charge in [0.1, 0.15) is 48.0 Å². The Morgan fingerprint density at radius 3 is 1.71 bits per heavy atom. The molecule has 1 fully saturated rings. The fraction of sp³-hybridized carbons (Fsp3) is 0.643. The molecule has 0 saturated carbocycles. The quantitative estimate of drug-likeness (QED) is 0.0650. The molecule has 62 heavy (non-hydrogen) atoms. The van der Waals surface area contributed by atoms with E-state index in [1.807, 2.05) is 6.92 Å². The second-order valence-corrected chi connectivity index (χ2v) is 16.6. The number of rotatable bonds is 24. The normalized spacial score (nSPS) is 18.0. The minimum atomic E-state index is -1.45. The van der Waals surface area contributed by atoms with Crippen LogP contribution < -0.4 is 37.6 Å². The van der Waals surface area contributed by atoms with Gasteiger partial charge in [-0.1, -0.05) is 66.5 Å². The molecule has 1 aliphatic rings. The summed E-state index contributed by atoms with van der Waals surface area (Å²) in [6.07, 6.45) is 0.999. The SMILES string of the molecule is CC[C@H](C)[C@H](NC(=O)[C@@H](N)CC(=O)O)C(=O)N[C@@H](Cc1ccc(O)cc1)C(=O)N[C@@H](CC(C)C)C(=O)N[C@@H](C)C(=O)N[C@@H](C)C(=O)N[C@H](C(=O)N1CCC[C@H]1C(=O)O)[C@@H](C)CC. The molecule has 7 amide bonds. The fourth-order valence-corrected chi connectivity index (χ4v) is 6.77. The molecule has 0 radical (unpaired) electrons. The summed E-state index contributed by atoms with van der Waals surface area (Å²) in [5.74, 6) is -8.68. The Bertz CT molecular complexity index is 1760. The third-order valence-electron chi connectivity index (χ3n) is 11.0. The van der Waals surface area contributed by atoms with Crippen LogP contribution in [-0.2, 0) is 49.6 Å². The van der Waals surface area contributed by atoms with E-state index in [1.165, 1.54) is 43.0 Å². The summed E-state index contributed by atoms with van der Waals surface area (Å²) >= 11 is 0. The maximum Gasteiger partial charge on any atom is 0.326 e. The van der Waals surface area contributed by atoms with Gasteiger partial charge in [-0.2, -0.15) is 0 Å². The first-order valence-corrected chi connectivity index (χ1v) is 21.1. The van der Waals surface area contributed by atoms with Crippen LogP contribution in [0.2, 0.25) is 0 Å². The number of nitrogens with two attached hydrogens (primary N) is 1. The molecule has 1 saturated heterocycles. The smallest absolute Gasteiger partial charge is 0.326 e. The van der Waals surface area contributed by atoms with Gasteiger partial charge in [-0.15, -0.1) is 0 Å². The topological polar surface area (TPSA) is 316 Å². The summed E-state index contributed by atoms with van der Waals surface area (Å²) in [5.41, 5.74) is 6.26. The van der Waals surface area contributed by atoms with Crippen molar-refractivity contribution in [1.82, 2.24) is 36.8 Å². The van der Waals surface area contributed by atoms with Gasteiger partial charge in [0.05, 0.1) is 12.5 Å². The van der Waals surface area contributed by atoms with Crippen molar-refractivity contribution in [2.24, 2.45) is 23.5 Å². The fourth-order valence-electron chi connectivity index (χ4n) is 6.77. The van der Waals surface area contributed by atoms with Crippen molar-refractivity contribution in [3.63, 3.8) is 0 Å². The minimum absolute atomic E-state index is 0.0449. The number of likely N-dealkylation sites (tertiary alicyclic amines) is 1. The highest BCUT2D eigenvalue weighted by Crippen LogP contribution is 2.22. The molecule has 0 aliphatic carbocycles. The van der Waals surface area contributed by atoms with Crippen molar-refractivity contribution in [2.45, 2.75) is 149 Å². The Morgan fingerprint density at radius 2 is 1.18 bits per heavy atom. The summed E-state index contributed by atoms with van der Waals surface area (Å²) in [5, 5.41) is 44.1. The number of hydrogen-bond acceptors (Lipinski definition) is 11. The van der Waals surface area contributed by atoms with E-state index < -0.39 is 114 Å². The first kappa shape index (κ1) is 52.3. The third kappa shape index (κ3) is 15.9. The van der Waals surface area contributed by atoms with Crippen LogP contribution in [0.5, 0.6) is 5.75 Å². The largest absolute Gasteiger partial charge is 0.508 e. The Hall–Kier alpha value is -5.79. The molecule has 1 aliphatic heterocycles. The van der Waals surface area contributed by atoms with Gasteiger partial charge >= 0.3 is 11.9 Å². The molecular weight excluding hydrogens is 809 g/mol. The van der Waals surface area contributed by atoms with Gasteiger partial charge in [0.25, 0.3) is 0 Å². The Labute approximate surface area is 362 Å². The molecule has 0 aromatic heterocycles. The maximum atomic E-state index is 14.0. The van der Waals surface area contributed by atoms with Crippen molar-refractivity contribution in [3.8, 4) is 5.75 Å². The third-order valence-corrected chi connectivity index (χ3v) is 11.0. The molecule has 2 rings (SSSR count). The van der Waals surface area contributed by atoms with E-state index in [9.17, 15) is 53.4 Å². The van der Waals surface area contributed by atoms with Gasteiger partial charge in [0, 0.05) is 13.0 Å². The zero-order valence-corrected chi connectivity index (χ0v) is 36.9. The predicted octanol–water partition coefficient (Wildman–Crippen LogP) is -0.101. The lowest BCUT2D eigenvalue weighted by Crippen LogP contribution is -2.60. The summed E-state index contributed by atoms with van der Waals surface area (Å²) < 4.78 is 0. The second-order valence-electron chi connectivity index (χ2n) is 16.6. The zero-order chi connectivity index (χ0) is 47.0. The number of carboxylic acid groups (broad SMARTS) is 2. The van der Waals surface area contributed by atoms with Crippen LogP contribution in [0.4, 0.5) is 0 Å². The second kappa shape index (κ2) is 24.6. The molecule has 0 unspecified atom stereocenters. The van der Waals surface area contributed by atoms with Crippen molar-refractivity contribution in [2.75, 3.05) is 6.54 Å². The van der Waals surface area contributed by atoms with Crippen LogP contribution in [0.1, 0.15) is 99.5 Å². The number of phenolic OH excluding ortho intramolecular Hbond substituents is 1. The zero-order valence-electron chi connectivity index (χ0n) is 36.9. The standard InChI is InChI=1S/C42H66N8O12/c1-9-22(5)33(48-37(56)28(43)20-32(52)53)40(59)47-30(19-26-13-15-27(51)16-14-26)39(58)46-29(18-21(3)4)38(57)45-24(7)35(54)44-25(8)36(55)49-34(23(6)10-2)41(60)50-17-11-12-31(50)42(61)62/h13-16,21-25,28-31,33-34,51H,9-12,17-20,43H2,1-8H3,(H,44,54)(H,45,57)(H,46,58)(H,47,59)(H,48,56)(H,49,55)(H,52,53)(H,61,62)/t22-,23-,24-,25-,28-,29-,30-,31-,33-,34-/m0/s1. The van der Waals surface area contributed by atoms with Crippen LogP contribution >= 0.6 is 0 Å². The van der Waals surface area contributed by atoms with E-state index in [2.05, 4.69) is 31.9 Å². The number of nitrogens with zero attached hydrogens (tertiary/aromatic N) is 1. The highest BCUT2D eigenvalue weighted by Gasteiger charge is 2.40. The number of phenols is 1. The molecule has 20 nitrogen and oxygen atoms in total. The highest BCUT2D eigenvalue weighted by molar-refractivity contribution is 5.98. The highest BCUT2D eigenvalue weighted by atomic mass is 16.4. The van der Waals surface area contributed by atoms with E-state index in [0.29, 0.717) is 31.2 Å². The van der Waals surface area contributed by atoms with Gasteiger partial charge in [-0.25, -0.2) is 4.79 Å². The van der Waals surface area contributed by atoms with Crippen LogP contribution in [0.15, 0.2) is 24.3 Å². The summed E-state index contributed by atoms with van der Waals surface area (Å²) in [6.45, 7) is 13.6. The molecule has 346 valence electrons. The van der Waals surface area contributed by atoms with Crippen molar-refractivity contribution < 1.29 is 58.5 Å². The van der Waals surface area contributed by atoms with Gasteiger partial charge in [-0.3, -0.25) is 38.4 Å². The summed E-state index contributed by atoms with van der Waals surface area (Å²) in [4.78, 5) is 119. The summed E-state index contributed by atoms with van der Waals surface area (Å²) in [6, 6.07) is -3.84. The Morgan fingerprint density at radius 1 is 0.677 bits per heavy atom. The molecule has 0 spiro atoms. The van der Waals surface area contributed by atoms with E-state index in [4.69, 9.17) is 10.8 Å². The van der Waals surface area contributed by atoms with Crippen molar-refractivity contribution in [1.29, 1.82) is 0 Å². The van der Waals surface area contributed by atoms with E-state index in [-0.39, 0.29) is 37.0 Å². The lowest BCUT2D eigenvalue weighted by atomic mass is 9.96. The Balaban J connectivity index is 2.24. The molecule has 0 bridgehead atoms. The number of aromatic hydroxyl groups is 1. The number of nitrogens with one attached hydrogen (secondary N) is 6. The van der Waals surface area contributed by atoms with Crippen LogP contribution in [0.3, 0.4) is 0 Å². The lowest BCUT2D eigenvalue weighted by Gasteiger charge is -2.31. The number of carboxylic acids is 2. The van der Waals surface area contributed by atoms with Crippen molar-refractivity contribution in [3.05, 3.63) is 29.8 Å². The molecule has 1 aromatic rings. The van der Waals surface area contributed by atoms with E-state index in [0.717, 1.165) is 0 Å². The molecule has 1 heterocycles. The average Bonchev–Trinajstić information content (AvgIpc) is 3.71. The maximum absolute atomic E-state index is 14.0. The van der Waals surface area contributed by atoms with Gasteiger partial charge < -0.3 is 57.9 Å². The first-order chi connectivity index (χ1) is 29.0. The number of aliphatic carboxylic acids is 2. The van der Waals surface area contributed by atoms with E-state index >= 15 is 0 Å². The van der Waals surface area contributed by atoms with Crippen molar-refractivity contribution >= 4 is 53.3 Å². The molecule has 10 atom stereocenters. The number of carbonyl (C=O) groups is 9. The van der Waals surface area contributed by atoms with E-state index in [1.54, 1.807) is 34.6 Å². The first-order valence-electron chi connectivity index (χ1n) is 21.1. The molecule has 1 aromatic carbocycles.